The van der Waals surface area contributed by atoms with Gasteiger partial charge in [0.05, 0.1) is 17.2 Å². The molecule has 0 aliphatic rings. The average Bonchev–Trinajstić information content (AvgIpc) is 3.37. The van der Waals surface area contributed by atoms with Crippen molar-refractivity contribution in [1.29, 1.82) is 0 Å². The van der Waals surface area contributed by atoms with Crippen LogP contribution >= 0.6 is 23.1 Å². The van der Waals surface area contributed by atoms with Crippen molar-refractivity contribution in [3.8, 4) is 10.8 Å². The number of aromatic nitrogens is 2. The van der Waals surface area contributed by atoms with Crippen molar-refractivity contribution in [2.75, 3.05) is 12.3 Å². The molecule has 2 aromatic heterocycles. The van der Waals surface area contributed by atoms with Crippen LogP contribution in [0.4, 0.5) is 4.39 Å². The summed E-state index contributed by atoms with van der Waals surface area (Å²) in [6.07, 6.45) is 0.825. The zero-order valence-electron chi connectivity index (χ0n) is 15.8. The Kier molecular flexibility index (Phi) is 7.22. The topological polar surface area (TPSA) is 59.2 Å². The number of amides is 1. The highest BCUT2D eigenvalue weighted by atomic mass is 32.2. The maximum atomic E-state index is 13.9. The van der Waals surface area contributed by atoms with E-state index in [-0.39, 0.29) is 29.3 Å². The first-order valence-electron chi connectivity index (χ1n) is 9.08. The van der Waals surface area contributed by atoms with E-state index in [1.807, 2.05) is 31.4 Å². The highest BCUT2D eigenvalue weighted by molar-refractivity contribution is 8.00. The molecular weight excluding hydrogens is 397 g/mol. The predicted octanol–water partition coefficient (Wildman–Crippen LogP) is 5.17. The normalized spacial score (nSPS) is 12.1. The fourth-order valence-electron chi connectivity index (χ4n) is 2.72. The second-order valence-electron chi connectivity index (χ2n) is 6.27. The Morgan fingerprint density at radius 1 is 1.29 bits per heavy atom. The van der Waals surface area contributed by atoms with E-state index in [1.54, 1.807) is 23.1 Å². The maximum absolute atomic E-state index is 13.9. The number of nitrogens with zero attached hydrogens (tertiary/aromatic N) is 3. The molecule has 1 unspecified atom stereocenters. The third-order valence-corrected chi connectivity index (χ3v) is 6.20. The summed E-state index contributed by atoms with van der Waals surface area (Å²) >= 11 is 2.95. The van der Waals surface area contributed by atoms with Crippen LogP contribution in [-0.2, 0) is 11.3 Å². The van der Waals surface area contributed by atoms with Gasteiger partial charge in [0, 0.05) is 17.4 Å². The van der Waals surface area contributed by atoms with E-state index < -0.39 is 0 Å². The lowest BCUT2D eigenvalue weighted by molar-refractivity contribution is -0.129. The minimum atomic E-state index is -0.243. The summed E-state index contributed by atoms with van der Waals surface area (Å²) in [5.74, 6) is 0.883. The van der Waals surface area contributed by atoms with Crippen LogP contribution < -0.4 is 0 Å². The molecule has 148 valence electrons. The van der Waals surface area contributed by atoms with Crippen LogP contribution in [0.3, 0.4) is 0 Å². The molecular formula is C20H22FN3O2S2. The van der Waals surface area contributed by atoms with E-state index in [1.165, 1.54) is 29.2 Å². The van der Waals surface area contributed by atoms with Crippen LogP contribution in [0.15, 0.2) is 46.2 Å². The van der Waals surface area contributed by atoms with Gasteiger partial charge in [0.25, 0.3) is 5.89 Å². The van der Waals surface area contributed by atoms with E-state index in [9.17, 15) is 9.18 Å². The Labute approximate surface area is 172 Å². The van der Waals surface area contributed by atoms with Crippen LogP contribution in [0.2, 0.25) is 0 Å². The monoisotopic (exact) mass is 419 g/mol. The van der Waals surface area contributed by atoms with Gasteiger partial charge in [0.15, 0.2) is 0 Å². The second kappa shape index (κ2) is 9.84. The lowest BCUT2D eigenvalue weighted by Gasteiger charge is -2.21. The average molecular weight is 420 g/mol. The molecule has 0 radical (unpaired) electrons. The molecule has 2 heterocycles. The smallest absolute Gasteiger partial charge is 0.257 e. The van der Waals surface area contributed by atoms with Gasteiger partial charge in [0.1, 0.15) is 5.82 Å². The summed E-state index contributed by atoms with van der Waals surface area (Å²) in [4.78, 5) is 15.3. The Balaban J connectivity index is 1.60. The largest absolute Gasteiger partial charge is 0.418 e. The van der Waals surface area contributed by atoms with Gasteiger partial charge >= 0.3 is 0 Å². The summed E-state index contributed by atoms with van der Waals surface area (Å²) in [5.41, 5.74) is 0.611. The fourth-order valence-corrected chi connectivity index (χ4v) is 4.31. The number of benzene rings is 1. The number of hydrogen-bond acceptors (Lipinski definition) is 6. The number of hydrogen-bond donors (Lipinski definition) is 0. The van der Waals surface area contributed by atoms with Crippen molar-refractivity contribution in [2.24, 2.45) is 0 Å². The van der Waals surface area contributed by atoms with Gasteiger partial charge in [-0.3, -0.25) is 4.79 Å². The van der Waals surface area contributed by atoms with E-state index >= 15 is 0 Å². The molecule has 3 rings (SSSR count). The maximum Gasteiger partial charge on any atom is 0.257 e. The Morgan fingerprint density at radius 2 is 2.11 bits per heavy atom. The second-order valence-corrected chi connectivity index (χ2v) is 8.55. The van der Waals surface area contributed by atoms with Crippen molar-refractivity contribution in [2.45, 2.75) is 32.1 Å². The van der Waals surface area contributed by atoms with E-state index in [0.717, 1.165) is 11.3 Å². The molecule has 0 saturated carbocycles. The van der Waals surface area contributed by atoms with Gasteiger partial charge in [-0.2, -0.15) is 0 Å². The molecule has 0 fully saturated rings. The zero-order valence-corrected chi connectivity index (χ0v) is 17.4. The SMILES string of the molecule is CCCN(Cc1nnc(-c2cccs2)o1)C(=O)CSC(C)c1ccccc1F. The lowest BCUT2D eigenvalue weighted by atomic mass is 10.1. The summed E-state index contributed by atoms with van der Waals surface area (Å²) in [7, 11) is 0. The fraction of sp³-hybridized carbons (Fsp3) is 0.350. The van der Waals surface area contributed by atoms with E-state index in [4.69, 9.17) is 4.42 Å². The zero-order chi connectivity index (χ0) is 19.9. The third-order valence-electron chi connectivity index (χ3n) is 4.17. The van der Waals surface area contributed by atoms with Gasteiger partial charge in [-0.05, 0) is 30.9 Å². The van der Waals surface area contributed by atoms with Crippen molar-refractivity contribution in [1.82, 2.24) is 15.1 Å². The van der Waals surface area contributed by atoms with Gasteiger partial charge < -0.3 is 9.32 Å². The minimum absolute atomic E-state index is 0.0223. The van der Waals surface area contributed by atoms with Gasteiger partial charge in [-0.1, -0.05) is 31.2 Å². The van der Waals surface area contributed by atoms with Gasteiger partial charge in [0.2, 0.25) is 11.8 Å². The van der Waals surface area contributed by atoms with Crippen LogP contribution in [0.5, 0.6) is 0 Å². The lowest BCUT2D eigenvalue weighted by Crippen LogP contribution is -2.33. The molecule has 8 heteroatoms. The van der Waals surface area contributed by atoms with Crippen LogP contribution in [0.25, 0.3) is 10.8 Å². The number of rotatable bonds is 9. The third kappa shape index (κ3) is 5.20. The Hall–Kier alpha value is -2.19. The molecule has 28 heavy (non-hydrogen) atoms. The first-order valence-corrected chi connectivity index (χ1v) is 11.0. The molecule has 5 nitrogen and oxygen atoms in total. The number of carbonyl (C=O) groups excluding carboxylic acids is 1. The number of halogens is 1. The van der Waals surface area contributed by atoms with Gasteiger partial charge in [-0.25, -0.2) is 4.39 Å². The molecule has 0 saturated heterocycles. The molecule has 0 bridgehead atoms. The summed E-state index contributed by atoms with van der Waals surface area (Å²) in [6, 6.07) is 10.5. The standard InChI is InChI=1S/C20H22FN3O2S2/c1-3-10-24(12-18-22-23-20(26-18)17-9-6-11-27-17)19(25)13-28-14(2)15-7-4-5-8-16(15)21/h4-9,11,14H,3,10,12-13H2,1-2H3. The molecule has 1 atom stereocenters. The summed E-state index contributed by atoms with van der Waals surface area (Å²) in [6.45, 7) is 4.80. The molecule has 3 aromatic rings. The Morgan fingerprint density at radius 3 is 2.82 bits per heavy atom. The first kappa shape index (κ1) is 20.5. The van der Waals surface area contributed by atoms with Crippen molar-refractivity contribution in [3.05, 3.63) is 59.0 Å². The molecule has 0 spiro atoms. The van der Waals surface area contributed by atoms with Crippen molar-refractivity contribution in [3.63, 3.8) is 0 Å². The number of thiophene rings is 1. The van der Waals surface area contributed by atoms with Crippen molar-refractivity contribution >= 4 is 29.0 Å². The van der Waals surface area contributed by atoms with Gasteiger partial charge in [-0.15, -0.1) is 33.3 Å². The van der Waals surface area contributed by atoms with Crippen LogP contribution in [0, 0.1) is 5.82 Å². The molecule has 1 amide bonds. The van der Waals surface area contributed by atoms with Crippen LogP contribution in [-0.4, -0.2) is 33.3 Å². The quantitative estimate of drug-likeness (QED) is 0.479. The first-order chi connectivity index (χ1) is 13.6. The molecule has 0 N–H and O–H groups in total. The van der Waals surface area contributed by atoms with Crippen molar-refractivity contribution < 1.29 is 13.6 Å². The number of carbonyl (C=O) groups is 1. The Bertz CT molecular complexity index is 899. The van der Waals surface area contributed by atoms with Crippen LogP contribution in [0.1, 0.15) is 37.0 Å². The van der Waals surface area contributed by atoms with E-state index in [2.05, 4.69) is 10.2 Å². The molecule has 0 aliphatic carbocycles. The van der Waals surface area contributed by atoms with E-state index in [0.29, 0.717) is 23.9 Å². The highest BCUT2D eigenvalue weighted by Gasteiger charge is 2.20. The predicted molar refractivity (Wildman–Crippen MR) is 111 cm³/mol. The highest BCUT2D eigenvalue weighted by Crippen LogP contribution is 2.30. The summed E-state index contributed by atoms with van der Waals surface area (Å²) in [5, 5.41) is 9.97. The molecule has 1 aromatic carbocycles. The summed E-state index contributed by atoms with van der Waals surface area (Å²) < 4.78 is 19.6. The minimum Gasteiger partial charge on any atom is -0.418 e. The number of thioether (sulfide) groups is 1. The molecule has 0 aliphatic heterocycles.